The molecule has 0 bridgehead atoms. The summed E-state index contributed by atoms with van der Waals surface area (Å²) in [7, 11) is 0. The molecule has 4 rings (SSSR count). The van der Waals surface area contributed by atoms with E-state index >= 15 is 0 Å². The van der Waals surface area contributed by atoms with Gasteiger partial charge < -0.3 is 10.4 Å². The predicted octanol–water partition coefficient (Wildman–Crippen LogP) is 3.80. The minimum Gasteiger partial charge on any atom is -0.478 e. The van der Waals surface area contributed by atoms with E-state index in [-0.39, 0.29) is 23.7 Å². The summed E-state index contributed by atoms with van der Waals surface area (Å²) in [6, 6.07) is 11.9. The highest BCUT2D eigenvalue weighted by Gasteiger charge is 2.36. The van der Waals surface area contributed by atoms with Gasteiger partial charge in [0.15, 0.2) is 5.78 Å². The van der Waals surface area contributed by atoms with Crippen LogP contribution in [0.1, 0.15) is 55.4 Å². The lowest BCUT2D eigenvalue weighted by Crippen LogP contribution is -2.28. The quantitative estimate of drug-likeness (QED) is 0.645. The number of Topliss-reactive ketones (excluding diaryl/α,β-unsaturated/α-hetero) is 1. The average Bonchev–Trinajstić information content (AvgIpc) is 3.05. The second kappa shape index (κ2) is 7.26. The number of ketones is 1. The summed E-state index contributed by atoms with van der Waals surface area (Å²) in [6.07, 6.45) is 0.0592. The van der Waals surface area contributed by atoms with Crippen molar-refractivity contribution in [3.05, 3.63) is 76.0 Å². The number of carboxylic acids is 1. The number of hydrogen-bond acceptors (Lipinski definition) is 4. The number of hydrogen-bond donors (Lipinski definition) is 2. The average molecular weight is 403 g/mol. The molecular formula is C23H21N3O4. The summed E-state index contributed by atoms with van der Waals surface area (Å²) in [5.41, 5.74) is 4.56. The number of amides is 1. The van der Waals surface area contributed by atoms with Crippen molar-refractivity contribution < 1.29 is 19.5 Å². The maximum Gasteiger partial charge on any atom is 0.335 e. The molecule has 1 aliphatic heterocycles. The molecule has 1 aromatic heterocycles. The molecule has 30 heavy (non-hydrogen) atoms. The van der Waals surface area contributed by atoms with Crippen molar-refractivity contribution in [3.63, 3.8) is 0 Å². The molecule has 1 atom stereocenters. The molecule has 1 aliphatic rings. The smallest absolute Gasteiger partial charge is 0.335 e. The van der Waals surface area contributed by atoms with E-state index in [2.05, 4.69) is 10.4 Å². The van der Waals surface area contributed by atoms with E-state index in [4.69, 9.17) is 5.11 Å². The second-order valence-corrected chi connectivity index (χ2v) is 7.60. The molecule has 0 saturated heterocycles. The van der Waals surface area contributed by atoms with Gasteiger partial charge in [-0.2, -0.15) is 5.10 Å². The van der Waals surface area contributed by atoms with Gasteiger partial charge in [0.05, 0.1) is 22.9 Å². The minimum absolute atomic E-state index is 0.0592. The fourth-order valence-electron chi connectivity index (χ4n) is 3.89. The number of fused-ring (bicyclic) bond motifs is 1. The summed E-state index contributed by atoms with van der Waals surface area (Å²) in [6.45, 7) is 5.62. The first kappa shape index (κ1) is 19.6. The Labute approximate surface area is 173 Å². The number of nitrogens with one attached hydrogen (secondary N) is 1. The Hall–Kier alpha value is -3.74. The molecule has 0 saturated carbocycles. The Morgan fingerprint density at radius 2 is 1.80 bits per heavy atom. The number of carbonyl (C=O) groups excluding carboxylic acids is 2. The van der Waals surface area contributed by atoms with Gasteiger partial charge in [0.2, 0.25) is 5.91 Å². The molecule has 1 amide bonds. The third-order valence-corrected chi connectivity index (χ3v) is 5.44. The van der Waals surface area contributed by atoms with Crippen LogP contribution in [0.5, 0.6) is 0 Å². The van der Waals surface area contributed by atoms with Crippen molar-refractivity contribution in [3.8, 4) is 5.69 Å². The molecule has 7 nitrogen and oxygen atoms in total. The Morgan fingerprint density at radius 3 is 2.47 bits per heavy atom. The van der Waals surface area contributed by atoms with Crippen LogP contribution in [0.2, 0.25) is 0 Å². The van der Waals surface area contributed by atoms with Crippen LogP contribution in [0.3, 0.4) is 0 Å². The first-order valence-corrected chi connectivity index (χ1v) is 9.61. The summed E-state index contributed by atoms with van der Waals surface area (Å²) in [5.74, 6) is -1.55. The zero-order valence-electron chi connectivity index (χ0n) is 16.9. The number of nitrogens with zero attached hydrogens (tertiary/aromatic N) is 2. The van der Waals surface area contributed by atoms with E-state index in [1.165, 1.54) is 12.1 Å². The van der Waals surface area contributed by atoms with Gasteiger partial charge in [-0.1, -0.05) is 17.7 Å². The summed E-state index contributed by atoms with van der Waals surface area (Å²) >= 11 is 0. The summed E-state index contributed by atoms with van der Waals surface area (Å²) in [5, 5.41) is 16.5. The van der Waals surface area contributed by atoms with Gasteiger partial charge >= 0.3 is 5.97 Å². The van der Waals surface area contributed by atoms with Gasteiger partial charge in [0.1, 0.15) is 5.82 Å². The SMILES string of the molecule is Cc1ccc(C)c(C(=O)C2CC(=O)Nc3c2c(C)nn3-c2ccc(C(=O)O)cc2)c1. The van der Waals surface area contributed by atoms with Crippen molar-refractivity contribution >= 4 is 23.5 Å². The third-order valence-electron chi connectivity index (χ3n) is 5.44. The van der Waals surface area contributed by atoms with Crippen LogP contribution in [0.25, 0.3) is 5.69 Å². The van der Waals surface area contributed by atoms with Crippen LogP contribution in [0, 0.1) is 20.8 Å². The van der Waals surface area contributed by atoms with E-state index in [1.807, 2.05) is 39.0 Å². The van der Waals surface area contributed by atoms with Gasteiger partial charge in [-0.05, 0) is 56.7 Å². The molecule has 2 heterocycles. The van der Waals surface area contributed by atoms with Crippen molar-refractivity contribution in [1.82, 2.24) is 9.78 Å². The molecule has 0 aliphatic carbocycles. The van der Waals surface area contributed by atoms with E-state index in [0.717, 1.165) is 11.1 Å². The summed E-state index contributed by atoms with van der Waals surface area (Å²) in [4.78, 5) is 37.0. The monoisotopic (exact) mass is 403 g/mol. The molecule has 152 valence electrons. The van der Waals surface area contributed by atoms with Crippen LogP contribution in [-0.4, -0.2) is 32.5 Å². The highest BCUT2D eigenvalue weighted by atomic mass is 16.4. The van der Waals surface area contributed by atoms with Gasteiger partial charge in [-0.25, -0.2) is 9.48 Å². The van der Waals surface area contributed by atoms with Crippen molar-refractivity contribution in [2.75, 3.05) is 5.32 Å². The standard InChI is InChI=1S/C23H21N3O4/c1-12-4-5-13(2)17(10-12)21(28)18-11-19(27)24-22-20(18)14(3)25-26(22)16-8-6-15(7-9-16)23(29)30/h4-10,18H,11H2,1-3H3,(H,24,27)(H,29,30). The minimum atomic E-state index is -1.02. The van der Waals surface area contributed by atoms with E-state index in [9.17, 15) is 14.4 Å². The molecule has 2 aromatic carbocycles. The predicted molar refractivity (Wildman–Crippen MR) is 111 cm³/mol. The lowest BCUT2D eigenvalue weighted by Gasteiger charge is -2.24. The Kier molecular flexibility index (Phi) is 4.73. The van der Waals surface area contributed by atoms with Crippen LogP contribution in [0.4, 0.5) is 5.82 Å². The molecule has 3 aromatic rings. The van der Waals surface area contributed by atoms with Crippen molar-refractivity contribution in [1.29, 1.82) is 0 Å². The number of rotatable bonds is 4. The zero-order valence-corrected chi connectivity index (χ0v) is 16.9. The number of benzene rings is 2. The van der Waals surface area contributed by atoms with Gasteiger partial charge in [0, 0.05) is 17.5 Å². The largest absolute Gasteiger partial charge is 0.478 e. The van der Waals surface area contributed by atoms with E-state index in [0.29, 0.717) is 28.3 Å². The van der Waals surface area contributed by atoms with Crippen LogP contribution in [-0.2, 0) is 4.79 Å². The molecule has 0 radical (unpaired) electrons. The molecule has 1 unspecified atom stereocenters. The van der Waals surface area contributed by atoms with Crippen LogP contribution >= 0.6 is 0 Å². The maximum atomic E-state index is 13.4. The fourth-order valence-corrected chi connectivity index (χ4v) is 3.89. The highest BCUT2D eigenvalue weighted by Crippen LogP contribution is 2.38. The number of aryl methyl sites for hydroxylation is 3. The number of anilines is 1. The number of carboxylic acid groups (broad SMARTS) is 1. The maximum absolute atomic E-state index is 13.4. The first-order chi connectivity index (χ1) is 14.3. The lowest BCUT2D eigenvalue weighted by molar-refractivity contribution is -0.116. The number of aromatic nitrogens is 2. The number of aromatic carboxylic acids is 1. The van der Waals surface area contributed by atoms with Crippen LogP contribution < -0.4 is 5.32 Å². The second-order valence-electron chi connectivity index (χ2n) is 7.60. The molecule has 0 fully saturated rings. The zero-order chi connectivity index (χ0) is 21.6. The Morgan fingerprint density at radius 1 is 1.10 bits per heavy atom. The Balaban J connectivity index is 1.81. The molecule has 2 N–H and O–H groups in total. The highest BCUT2D eigenvalue weighted by molar-refractivity contribution is 6.08. The topological polar surface area (TPSA) is 101 Å². The van der Waals surface area contributed by atoms with Gasteiger partial charge in [-0.3, -0.25) is 9.59 Å². The lowest BCUT2D eigenvalue weighted by atomic mass is 9.84. The van der Waals surface area contributed by atoms with Crippen molar-refractivity contribution in [2.45, 2.75) is 33.1 Å². The van der Waals surface area contributed by atoms with Gasteiger partial charge in [-0.15, -0.1) is 0 Å². The molecular weight excluding hydrogens is 382 g/mol. The van der Waals surface area contributed by atoms with Gasteiger partial charge in [0.25, 0.3) is 0 Å². The van der Waals surface area contributed by atoms with Crippen molar-refractivity contribution in [2.24, 2.45) is 0 Å². The third kappa shape index (κ3) is 3.28. The summed E-state index contributed by atoms with van der Waals surface area (Å²) < 4.78 is 1.55. The Bertz CT molecular complexity index is 1190. The number of carbonyl (C=O) groups is 3. The van der Waals surface area contributed by atoms with E-state index in [1.54, 1.807) is 16.8 Å². The van der Waals surface area contributed by atoms with Crippen LogP contribution in [0.15, 0.2) is 42.5 Å². The fraction of sp³-hybridized carbons (Fsp3) is 0.217. The normalized spacial score (nSPS) is 15.4. The molecule has 7 heteroatoms. The van der Waals surface area contributed by atoms with E-state index < -0.39 is 11.9 Å². The first-order valence-electron chi connectivity index (χ1n) is 9.61. The molecule has 0 spiro atoms.